The molecule has 0 aliphatic carbocycles. The Bertz CT molecular complexity index is 255. The molecule has 0 saturated carbocycles. The molecule has 1 unspecified atom stereocenters. The van der Waals surface area contributed by atoms with E-state index in [4.69, 9.17) is 10.5 Å². The molecule has 3 nitrogen and oxygen atoms in total. The summed E-state index contributed by atoms with van der Waals surface area (Å²) >= 11 is 1.62. The Balaban J connectivity index is 2.11. The van der Waals surface area contributed by atoms with Crippen LogP contribution in [-0.2, 0) is 11.3 Å². The van der Waals surface area contributed by atoms with Gasteiger partial charge in [0.25, 0.3) is 0 Å². The molecule has 0 spiro atoms. The fourth-order valence-corrected chi connectivity index (χ4v) is 2.09. The van der Waals surface area contributed by atoms with E-state index in [9.17, 15) is 0 Å². The standard InChI is InChI=1S/C8H12N2OS/c9-4-8-10-6(5-12-8)7-2-1-3-11-7/h5,7H,1-4,9H2. The van der Waals surface area contributed by atoms with Crippen molar-refractivity contribution in [3.63, 3.8) is 0 Å². The third-order valence-electron chi connectivity index (χ3n) is 2.00. The SMILES string of the molecule is NCc1nc(C2CCCO2)cs1. The van der Waals surface area contributed by atoms with Gasteiger partial charge in [0.1, 0.15) is 11.1 Å². The van der Waals surface area contributed by atoms with Crippen molar-refractivity contribution >= 4 is 11.3 Å². The van der Waals surface area contributed by atoms with Crippen LogP contribution in [-0.4, -0.2) is 11.6 Å². The van der Waals surface area contributed by atoms with E-state index in [2.05, 4.69) is 10.4 Å². The summed E-state index contributed by atoms with van der Waals surface area (Å²) in [5.74, 6) is 0. The summed E-state index contributed by atoms with van der Waals surface area (Å²) in [5.41, 5.74) is 6.54. The minimum absolute atomic E-state index is 0.238. The summed E-state index contributed by atoms with van der Waals surface area (Å²) in [7, 11) is 0. The molecule has 0 radical (unpaired) electrons. The van der Waals surface area contributed by atoms with Crippen LogP contribution in [0.1, 0.15) is 29.6 Å². The monoisotopic (exact) mass is 184 g/mol. The number of nitrogens with zero attached hydrogens (tertiary/aromatic N) is 1. The summed E-state index contributed by atoms with van der Waals surface area (Å²) < 4.78 is 5.50. The number of ether oxygens (including phenoxy) is 1. The van der Waals surface area contributed by atoms with Gasteiger partial charge in [-0.25, -0.2) is 4.98 Å². The molecule has 1 atom stereocenters. The second-order valence-corrected chi connectivity index (χ2v) is 3.81. The summed E-state index contributed by atoms with van der Waals surface area (Å²) in [5, 5.41) is 3.05. The van der Waals surface area contributed by atoms with Crippen molar-refractivity contribution in [2.24, 2.45) is 5.73 Å². The first-order chi connectivity index (χ1) is 5.90. The lowest BCUT2D eigenvalue weighted by molar-refractivity contribution is 0.109. The summed E-state index contributed by atoms with van der Waals surface area (Å²) in [6, 6.07) is 0. The number of rotatable bonds is 2. The van der Waals surface area contributed by atoms with Crippen molar-refractivity contribution in [3.8, 4) is 0 Å². The maximum Gasteiger partial charge on any atom is 0.107 e. The topological polar surface area (TPSA) is 48.1 Å². The molecule has 4 heteroatoms. The van der Waals surface area contributed by atoms with Gasteiger partial charge in [0.2, 0.25) is 0 Å². The Morgan fingerprint density at radius 2 is 2.67 bits per heavy atom. The van der Waals surface area contributed by atoms with Crippen LogP contribution in [0.25, 0.3) is 0 Å². The van der Waals surface area contributed by atoms with Crippen LogP contribution in [0.4, 0.5) is 0 Å². The average molecular weight is 184 g/mol. The Kier molecular flexibility index (Phi) is 2.39. The lowest BCUT2D eigenvalue weighted by Gasteiger charge is -2.03. The lowest BCUT2D eigenvalue weighted by atomic mass is 10.2. The first-order valence-electron chi connectivity index (χ1n) is 4.16. The average Bonchev–Trinajstić information content (AvgIpc) is 2.75. The quantitative estimate of drug-likeness (QED) is 0.756. The Labute approximate surface area is 75.6 Å². The highest BCUT2D eigenvalue weighted by Gasteiger charge is 2.19. The number of thiazole rings is 1. The van der Waals surface area contributed by atoms with Gasteiger partial charge in [-0.1, -0.05) is 0 Å². The third kappa shape index (κ3) is 1.50. The van der Waals surface area contributed by atoms with E-state index in [0.29, 0.717) is 6.54 Å². The molecule has 66 valence electrons. The third-order valence-corrected chi connectivity index (χ3v) is 2.89. The molecule has 1 aromatic heterocycles. The van der Waals surface area contributed by atoms with Crippen molar-refractivity contribution in [2.45, 2.75) is 25.5 Å². The van der Waals surface area contributed by atoms with E-state index >= 15 is 0 Å². The predicted octanol–water partition coefficient (Wildman–Crippen LogP) is 1.45. The maximum atomic E-state index is 5.50. The van der Waals surface area contributed by atoms with Crippen LogP contribution < -0.4 is 5.73 Å². The highest BCUT2D eigenvalue weighted by atomic mass is 32.1. The minimum atomic E-state index is 0.238. The van der Waals surface area contributed by atoms with Gasteiger partial charge >= 0.3 is 0 Å². The zero-order chi connectivity index (χ0) is 8.39. The number of aromatic nitrogens is 1. The first kappa shape index (κ1) is 8.16. The molecular formula is C8H12N2OS. The largest absolute Gasteiger partial charge is 0.372 e. The van der Waals surface area contributed by atoms with E-state index in [0.717, 1.165) is 30.2 Å². The lowest BCUT2D eigenvalue weighted by Crippen LogP contribution is -1.99. The summed E-state index contributed by atoms with van der Waals surface area (Å²) in [4.78, 5) is 4.38. The fraction of sp³-hybridized carbons (Fsp3) is 0.625. The van der Waals surface area contributed by atoms with Crippen molar-refractivity contribution in [1.29, 1.82) is 0 Å². The summed E-state index contributed by atoms with van der Waals surface area (Å²) in [6.07, 6.45) is 2.50. The van der Waals surface area contributed by atoms with Crippen LogP contribution in [0.5, 0.6) is 0 Å². The van der Waals surface area contributed by atoms with Crippen molar-refractivity contribution in [3.05, 3.63) is 16.1 Å². The fourth-order valence-electron chi connectivity index (χ4n) is 1.38. The van der Waals surface area contributed by atoms with Crippen LogP contribution >= 0.6 is 11.3 Å². The van der Waals surface area contributed by atoms with Gasteiger partial charge in [-0.2, -0.15) is 0 Å². The molecule has 1 aliphatic heterocycles. The van der Waals surface area contributed by atoms with Crippen LogP contribution in [0.2, 0.25) is 0 Å². The van der Waals surface area contributed by atoms with E-state index in [1.807, 2.05) is 0 Å². The van der Waals surface area contributed by atoms with E-state index in [-0.39, 0.29) is 6.10 Å². The molecule has 2 heterocycles. The molecule has 2 N–H and O–H groups in total. The smallest absolute Gasteiger partial charge is 0.107 e. The van der Waals surface area contributed by atoms with Gasteiger partial charge in [0.15, 0.2) is 0 Å². The molecule has 2 rings (SSSR count). The first-order valence-corrected chi connectivity index (χ1v) is 5.04. The molecule has 0 bridgehead atoms. The second-order valence-electron chi connectivity index (χ2n) is 2.87. The molecule has 1 aromatic rings. The van der Waals surface area contributed by atoms with Crippen molar-refractivity contribution < 1.29 is 4.74 Å². The van der Waals surface area contributed by atoms with Crippen LogP contribution in [0, 0.1) is 0 Å². The maximum absolute atomic E-state index is 5.50. The molecule has 12 heavy (non-hydrogen) atoms. The molecule has 1 fully saturated rings. The second kappa shape index (κ2) is 3.51. The van der Waals surface area contributed by atoms with Crippen molar-refractivity contribution in [1.82, 2.24) is 4.98 Å². The zero-order valence-electron chi connectivity index (χ0n) is 6.82. The van der Waals surface area contributed by atoms with Gasteiger partial charge in [-0.05, 0) is 12.8 Å². The molecule has 0 aromatic carbocycles. The number of hydrogen-bond acceptors (Lipinski definition) is 4. The molecule has 1 saturated heterocycles. The van der Waals surface area contributed by atoms with Crippen LogP contribution in [0.15, 0.2) is 5.38 Å². The summed E-state index contributed by atoms with van der Waals surface area (Å²) in [6.45, 7) is 1.41. The Morgan fingerprint density at radius 3 is 3.25 bits per heavy atom. The minimum Gasteiger partial charge on any atom is -0.372 e. The molecule has 0 amide bonds. The number of hydrogen-bond donors (Lipinski definition) is 1. The normalized spacial score (nSPS) is 23.2. The van der Waals surface area contributed by atoms with Crippen molar-refractivity contribution in [2.75, 3.05) is 6.61 Å². The van der Waals surface area contributed by atoms with Crippen LogP contribution in [0.3, 0.4) is 0 Å². The zero-order valence-corrected chi connectivity index (χ0v) is 7.64. The van der Waals surface area contributed by atoms with Gasteiger partial charge in [-0.3, -0.25) is 0 Å². The highest BCUT2D eigenvalue weighted by molar-refractivity contribution is 7.09. The Morgan fingerprint density at radius 1 is 1.75 bits per heavy atom. The number of nitrogens with two attached hydrogens (primary N) is 1. The Hall–Kier alpha value is -0.450. The van der Waals surface area contributed by atoms with Gasteiger partial charge in [0.05, 0.1) is 5.69 Å². The van der Waals surface area contributed by atoms with Gasteiger partial charge in [0, 0.05) is 18.5 Å². The van der Waals surface area contributed by atoms with E-state index < -0.39 is 0 Å². The van der Waals surface area contributed by atoms with Gasteiger partial charge < -0.3 is 10.5 Å². The molecular weight excluding hydrogens is 172 g/mol. The van der Waals surface area contributed by atoms with E-state index in [1.54, 1.807) is 11.3 Å². The molecule has 1 aliphatic rings. The van der Waals surface area contributed by atoms with Gasteiger partial charge in [-0.15, -0.1) is 11.3 Å². The van der Waals surface area contributed by atoms with E-state index in [1.165, 1.54) is 0 Å². The predicted molar refractivity (Wildman–Crippen MR) is 47.9 cm³/mol. The highest BCUT2D eigenvalue weighted by Crippen LogP contribution is 2.28.